The van der Waals surface area contributed by atoms with Crippen LogP contribution in [0.4, 0.5) is 45.5 Å². The average molecular weight is 724 g/mol. The first-order valence-electron chi connectivity index (χ1n) is 16.1. The van der Waals surface area contributed by atoms with Gasteiger partial charge < -0.3 is 5.32 Å². The molecule has 1 atom stereocenters. The van der Waals surface area contributed by atoms with Gasteiger partial charge in [0.05, 0.1) is 16.8 Å². The van der Waals surface area contributed by atoms with Gasteiger partial charge in [-0.15, -0.1) is 0 Å². The van der Waals surface area contributed by atoms with Crippen molar-refractivity contribution < 1.29 is 49.1 Å². The van der Waals surface area contributed by atoms with Crippen LogP contribution in [0.1, 0.15) is 89.9 Å². The van der Waals surface area contributed by atoms with Crippen molar-refractivity contribution in [1.29, 1.82) is 0 Å². The number of nitrogens with zero attached hydrogens (tertiary/aromatic N) is 4. The highest BCUT2D eigenvalue weighted by molar-refractivity contribution is 5.95. The van der Waals surface area contributed by atoms with Crippen molar-refractivity contribution in [3.8, 4) is 11.1 Å². The number of aromatic nitrogens is 4. The third-order valence-electron chi connectivity index (χ3n) is 8.96. The van der Waals surface area contributed by atoms with Gasteiger partial charge in [-0.2, -0.15) is 13.9 Å². The predicted octanol–water partition coefficient (Wildman–Crippen LogP) is 8.68. The molecular formula is C35H30F9N5O2. The monoisotopic (exact) mass is 723 g/mol. The number of benzene rings is 2. The van der Waals surface area contributed by atoms with Gasteiger partial charge in [0.15, 0.2) is 11.6 Å². The van der Waals surface area contributed by atoms with E-state index in [4.69, 9.17) is 0 Å². The molecule has 0 spiro atoms. The number of Topliss-reactive ketones (excluding diaryl/α,β-unsaturated/α-hetero) is 2. The molecule has 7 nitrogen and oxygen atoms in total. The molecule has 2 heterocycles. The number of carbonyl (C=O) groups is 2. The maximum atomic E-state index is 15.1. The number of carbonyl (C=O) groups excluding carboxylic acids is 2. The van der Waals surface area contributed by atoms with E-state index in [1.807, 2.05) is 0 Å². The number of nitrogens with one attached hydrogen (secondary N) is 1. The molecule has 270 valence electrons. The average Bonchev–Trinajstić information content (AvgIpc) is 3.79. The van der Waals surface area contributed by atoms with E-state index in [0.717, 1.165) is 38.0 Å². The Morgan fingerprint density at radius 2 is 1.65 bits per heavy atom. The molecule has 51 heavy (non-hydrogen) atoms. The minimum Gasteiger partial charge on any atom is -0.354 e. The summed E-state index contributed by atoms with van der Waals surface area (Å²) >= 11 is 0. The molecule has 2 aliphatic rings. The molecule has 0 aliphatic heterocycles. The number of anilines is 1. The second kappa shape index (κ2) is 13.8. The van der Waals surface area contributed by atoms with Crippen molar-refractivity contribution in [3.63, 3.8) is 0 Å². The van der Waals surface area contributed by atoms with Gasteiger partial charge in [-0.3, -0.25) is 14.3 Å². The van der Waals surface area contributed by atoms with Crippen LogP contribution in [0.15, 0.2) is 42.6 Å². The van der Waals surface area contributed by atoms with Gasteiger partial charge in [0.2, 0.25) is 5.95 Å². The SMILES string of the molecule is CC(=O)c1cc(-c2cnc(NCC3CC3)nc2[C@@H](CC(=O)Cn2nc(C(F)F)c3c2C(F)(F)CCC3(F)F)Cc2cc(F)cc(F)c2)ccc1F. The van der Waals surface area contributed by atoms with E-state index >= 15 is 8.78 Å². The molecule has 0 radical (unpaired) electrons. The lowest BCUT2D eigenvalue weighted by atomic mass is 9.86. The zero-order valence-electron chi connectivity index (χ0n) is 26.9. The molecule has 6 rings (SSSR count). The van der Waals surface area contributed by atoms with Crippen molar-refractivity contribution in [2.75, 3.05) is 11.9 Å². The van der Waals surface area contributed by atoms with Gasteiger partial charge in [0.25, 0.3) is 18.3 Å². The lowest BCUT2D eigenvalue weighted by Gasteiger charge is -2.29. The van der Waals surface area contributed by atoms with Crippen molar-refractivity contribution in [1.82, 2.24) is 19.7 Å². The second-order valence-corrected chi connectivity index (χ2v) is 13.0. The summed E-state index contributed by atoms with van der Waals surface area (Å²) in [5.74, 6) is -13.0. The fourth-order valence-electron chi connectivity index (χ4n) is 6.36. The lowest BCUT2D eigenvalue weighted by molar-refractivity contribution is -0.121. The van der Waals surface area contributed by atoms with Crippen molar-refractivity contribution >= 4 is 17.5 Å². The van der Waals surface area contributed by atoms with Crippen LogP contribution >= 0.6 is 0 Å². The summed E-state index contributed by atoms with van der Waals surface area (Å²) in [7, 11) is 0. The predicted molar refractivity (Wildman–Crippen MR) is 165 cm³/mol. The number of hydrogen-bond acceptors (Lipinski definition) is 6. The third kappa shape index (κ3) is 7.78. The van der Waals surface area contributed by atoms with Gasteiger partial charge in [-0.05, 0) is 67.5 Å². The summed E-state index contributed by atoms with van der Waals surface area (Å²) in [5.41, 5.74) is -4.38. The van der Waals surface area contributed by atoms with Crippen LogP contribution in [0.5, 0.6) is 0 Å². The van der Waals surface area contributed by atoms with Gasteiger partial charge in [-0.1, -0.05) is 6.07 Å². The molecule has 1 N–H and O–H groups in total. The Morgan fingerprint density at radius 1 is 0.961 bits per heavy atom. The van der Waals surface area contributed by atoms with Gasteiger partial charge in [0.1, 0.15) is 35.4 Å². The van der Waals surface area contributed by atoms with Crippen LogP contribution in [-0.2, 0) is 29.6 Å². The molecular weight excluding hydrogens is 693 g/mol. The number of halogens is 9. The normalized spacial score (nSPS) is 16.9. The number of alkyl halides is 6. The maximum absolute atomic E-state index is 15.1. The molecule has 0 unspecified atom stereocenters. The Bertz CT molecular complexity index is 1970. The largest absolute Gasteiger partial charge is 0.354 e. The molecule has 4 aromatic rings. The molecule has 2 aromatic heterocycles. The molecule has 2 aromatic carbocycles. The van der Waals surface area contributed by atoms with E-state index in [2.05, 4.69) is 20.4 Å². The van der Waals surface area contributed by atoms with E-state index < -0.39 is 96.0 Å². The highest BCUT2D eigenvalue weighted by Gasteiger charge is 2.55. The quantitative estimate of drug-likeness (QED) is 0.110. The number of fused-ring (bicyclic) bond motifs is 1. The van der Waals surface area contributed by atoms with Crippen molar-refractivity contribution in [3.05, 3.63) is 93.8 Å². The first-order valence-corrected chi connectivity index (χ1v) is 16.1. The summed E-state index contributed by atoms with van der Waals surface area (Å²) in [4.78, 5) is 34.8. The lowest BCUT2D eigenvalue weighted by Crippen LogP contribution is -2.33. The zero-order chi connectivity index (χ0) is 36.8. The van der Waals surface area contributed by atoms with Crippen LogP contribution in [0.3, 0.4) is 0 Å². The minimum absolute atomic E-state index is 0.0495. The first-order chi connectivity index (χ1) is 24.0. The first kappa shape index (κ1) is 36.0. The minimum atomic E-state index is -4.05. The highest BCUT2D eigenvalue weighted by atomic mass is 19.3. The number of ketones is 2. The van der Waals surface area contributed by atoms with E-state index in [1.54, 1.807) is 0 Å². The van der Waals surface area contributed by atoms with E-state index in [9.17, 15) is 40.3 Å². The summed E-state index contributed by atoms with van der Waals surface area (Å²) in [6.45, 7) is 0.530. The summed E-state index contributed by atoms with van der Waals surface area (Å²) < 4.78 is 131. The zero-order valence-corrected chi connectivity index (χ0v) is 26.9. The molecule has 1 saturated carbocycles. The highest BCUT2D eigenvalue weighted by Crippen LogP contribution is 2.52. The Balaban J connectivity index is 1.44. The van der Waals surface area contributed by atoms with Gasteiger partial charge >= 0.3 is 0 Å². The summed E-state index contributed by atoms with van der Waals surface area (Å²) in [5, 5.41) is 6.43. The molecule has 1 fully saturated rings. The fraction of sp³-hybridized carbons (Fsp3) is 0.400. The van der Waals surface area contributed by atoms with E-state index in [-0.39, 0.29) is 45.0 Å². The smallest absolute Gasteiger partial charge is 0.290 e. The van der Waals surface area contributed by atoms with Crippen LogP contribution in [0, 0.1) is 23.4 Å². The number of rotatable bonds is 13. The Kier molecular flexibility index (Phi) is 9.72. The maximum Gasteiger partial charge on any atom is 0.290 e. The Morgan fingerprint density at radius 3 is 2.29 bits per heavy atom. The molecule has 0 bridgehead atoms. The van der Waals surface area contributed by atoms with E-state index in [1.165, 1.54) is 18.3 Å². The van der Waals surface area contributed by atoms with Gasteiger partial charge in [0, 0.05) is 49.6 Å². The van der Waals surface area contributed by atoms with Crippen molar-refractivity contribution in [2.24, 2.45) is 5.92 Å². The molecule has 0 amide bonds. The van der Waals surface area contributed by atoms with Crippen LogP contribution < -0.4 is 5.32 Å². The molecule has 16 heteroatoms. The Labute approximate surface area is 285 Å². The summed E-state index contributed by atoms with van der Waals surface area (Å²) in [6, 6.07) is 6.23. The molecule has 2 aliphatic carbocycles. The second-order valence-electron chi connectivity index (χ2n) is 13.0. The standard InChI is InChI=1S/C35H30F9N5O2/c1-17(50)25-12-20(4-5-27(25)38)26-15-46-33(45-14-18-2-3-18)47-29(26)21(8-19-9-22(36)13-23(37)10-19)11-24(51)16-49-31-28(30(48-49)32(39)40)34(41,42)6-7-35(31,43)44/h4-5,9-10,12-13,15,18,21,32H,2-3,6-8,11,14,16H2,1H3,(H,45,46,47)/t21-/m1/s1. The van der Waals surface area contributed by atoms with Crippen molar-refractivity contribution in [2.45, 2.75) is 76.2 Å². The fourth-order valence-corrected chi connectivity index (χ4v) is 6.36. The summed E-state index contributed by atoms with van der Waals surface area (Å²) in [6.07, 6.45) is -4.05. The molecule has 0 saturated heterocycles. The van der Waals surface area contributed by atoms with Crippen LogP contribution in [0.25, 0.3) is 11.1 Å². The van der Waals surface area contributed by atoms with Crippen LogP contribution in [0.2, 0.25) is 0 Å². The Hall–Kier alpha value is -4.76. The van der Waals surface area contributed by atoms with E-state index in [0.29, 0.717) is 18.5 Å². The van der Waals surface area contributed by atoms with Gasteiger partial charge in [-0.25, -0.2) is 40.7 Å². The topological polar surface area (TPSA) is 89.8 Å². The third-order valence-corrected chi connectivity index (χ3v) is 8.96. The number of hydrogen-bond donors (Lipinski definition) is 1. The van der Waals surface area contributed by atoms with Crippen LogP contribution in [-0.4, -0.2) is 37.9 Å².